The van der Waals surface area contributed by atoms with Crippen LogP contribution >= 0.6 is 0 Å². The van der Waals surface area contributed by atoms with E-state index >= 15 is 0 Å². The maximum absolute atomic E-state index is 13.2. The number of benzene rings is 2. The minimum atomic E-state index is -0.626. The average Bonchev–Trinajstić information content (AvgIpc) is 3.43. The van der Waals surface area contributed by atoms with Crippen LogP contribution in [-0.2, 0) is 11.2 Å². The number of H-pyrrole nitrogens is 1. The van der Waals surface area contributed by atoms with Crippen molar-refractivity contribution in [1.29, 1.82) is 5.26 Å². The topological polar surface area (TPSA) is 188 Å². The van der Waals surface area contributed by atoms with Gasteiger partial charge < -0.3 is 27.1 Å². The lowest BCUT2D eigenvalue weighted by molar-refractivity contribution is -0.118. The van der Waals surface area contributed by atoms with Gasteiger partial charge in [0, 0.05) is 24.5 Å². The fourth-order valence-electron chi connectivity index (χ4n) is 4.61. The number of nitrogen functional groups attached to an aromatic ring is 1. The lowest BCUT2D eigenvalue weighted by Crippen LogP contribution is -2.28. The molecule has 0 aliphatic rings. The van der Waals surface area contributed by atoms with Crippen molar-refractivity contribution in [1.82, 2.24) is 25.3 Å². The Balaban J connectivity index is 1.38. The van der Waals surface area contributed by atoms with Crippen molar-refractivity contribution in [2.24, 2.45) is 5.73 Å². The average molecular weight is 564 g/mol. The van der Waals surface area contributed by atoms with Crippen LogP contribution in [0.3, 0.4) is 0 Å². The number of aromatic amines is 1. The third-order valence-corrected chi connectivity index (χ3v) is 6.71. The Kier molecular flexibility index (Phi) is 8.01. The van der Waals surface area contributed by atoms with Crippen molar-refractivity contribution >= 4 is 34.5 Å². The molecule has 0 aliphatic carbocycles. The van der Waals surface area contributed by atoms with Gasteiger partial charge in [-0.05, 0) is 41.3 Å². The number of nitrogens with zero attached hydrogens (tertiary/aromatic N) is 4. The summed E-state index contributed by atoms with van der Waals surface area (Å²) in [6.45, 7) is 0.274. The van der Waals surface area contributed by atoms with Crippen LogP contribution in [0.4, 0.5) is 16.0 Å². The number of rotatable bonds is 10. The minimum absolute atomic E-state index is 0.0828. The Morgan fingerprint density at radius 1 is 1.07 bits per heavy atom. The standard InChI is InChI=1S/C30H26FN9O2/c31-21-7-1-17(2-8-21)9-10-35-30(42)22-11-18(13-32)14-36-28(22)40-24(12-25(33)41)20-5-3-19(4-6-20)23-15-37-29-26(23)27(34)38-16-39-29/h1-8,11,14-16,24H,9-10,12H2,(H2,33,41)(H,35,42)(H,36,40)(H3,34,37,38,39)/t24-/m1/s1. The number of carbonyl (C=O) groups is 2. The first-order chi connectivity index (χ1) is 20.3. The molecule has 5 rings (SSSR count). The van der Waals surface area contributed by atoms with Gasteiger partial charge in [0.15, 0.2) is 0 Å². The fraction of sp³-hybridized carbons (Fsp3) is 0.133. The summed E-state index contributed by atoms with van der Waals surface area (Å²) < 4.78 is 13.2. The van der Waals surface area contributed by atoms with Crippen molar-refractivity contribution in [3.63, 3.8) is 0 Å². The first-order valence-electron chi connectivity index (χ1n) is 13.0. The Morgan fingerprint density at radius 3 is 2.55 bits per heavy atom. The van der Waals surface area contributed by atoms with Crippen LogP contribution in [0.5, 0.6) is 0 Å². The van der Waals surface area contributed by atoms with E-state index in [-0.39, 0.29) is 35.7 Å². The summed E-state index contributed by atoms with van der Waals surface area (Å²) in [4.78, 5) is 40.8. The summed E-state index contributed by atoms with van der Waals surface area (Å²) in [6, 6.07) is 16.2. The van der Waals surface area contributed by atoms with Crippen molar-refractivity contribution in [3.05, 3.63) is 101 Å². The molecule has 11 nitrogen and oxygen atoms in total. The van der Waals surface area contributed by atoms with Crippen molar-refractivity contribution in [3.8, 4) is 17.2 Å². The van der Waals surface area contributed by atoms with Crippen LogP contribution in [0.25, 0.3) is 22.2 Å². The highest BCUT2D eigenvalue weighted by Crippen LogP contribution is 2.32. The summed E-state index contributed by atoms with van der Waals surface area (Å²) in [5.41, 5.74) is 15.8. The third kappa shape index (κ3) is 6.15. The van der Waals surface area contributed by atoms with Crippen LogP contribution in [-0.4, -0.2) is 38.3 Å². The lowest BCUT2D eigenvalue weighted by Gasteiger charge is -2.21. The SMILES string of the molecule is N#Cc1cnc(N[C@H](CC(N)=O)c2ccc(-c3c[nH]c4ncnc(N)c34)cc2)c(C(=O)NCCc2ccc(F)cc2)c1. The maximum Gasteiger partial charge on any atom is 0.255 e. The highest BCUT2D eigenvalue weighted by molar-refractivity contribution is 6.00. The molecule has 42 heavy (non-hydrogen) atoms. The highest BCUT2D eigenvalue weighted by Gasteiger charge is 2.21. The second kappa shape index (κ2) is 12.1. The Morgan fingerprint density at radius 2 is 1.83 bits per heavy atom. The molecule has 0 saturated carbocycles. The normalized spacial score (nSPS) is 11.5. The number of hydrogen-bond acceptors (Lipinski definition) is 8. The molecule has 3 aromatic heterocycles. The fourth-order valence-corrected chi connectivity index (χ4v) is 4.61. The van der Waals surface area contributed by atoms with Gasteiger partial charge in [-0.15, -0.1) is 0 Å². The molecule has 12 heteroatoms. The van der Waals surface area contributed by atoms with Crippen molar-refractivity contribution in [2.45, 2.75) is 18.9 Å². The van der Waals surface area contributed by atoms with Gasteiger partial charge in [0.05, 0.1) is 29.0 Å². The van der Waals surface area contributed by atoms with E-state index < -0.39 is 17.9 Å². The monoisotopic (exact) mass is 563 g/mol. The summed E-state index contributed by atoms with van der Waals surface area (Å²) >= 11 is 0. The third-order valence-electron chi connectivity index (χ3n) is 6.71. The Labute approximate surface area is 239 Å². The molecule has 2 amide bonds. The number of aromatic nitrogens is 4. The number of nitriles is 1. The van der Waals surface area contributed by atoms with E-state index in [9.17, 15) is 19.2 Å². The predicted molar refractivity (Wildman–Crippen MR) is 155 cm³/mol. The van der Waals surface area contributed by atoms with Gasteiger partial charge in [0.2, 0.25) is 5.91 Å². The molecular formula is C30H26FN9O2. The van der Waals surface area contributed by atoms with Gasteiger partial charge in [-0.3, -0.25) is 9.59 Å². The molecule has 0 radical (unpaired) electrons. The predicted octanol–water partition coefficient (Wildman–Crippen LogP) is 3.61. The molecule has 7 N–H and O–H groups in total. The number of hydrogen-bond donors (Lipinski definition) is 5. The highest BCUT2D eigenvalue weighted by atomic mass is 19.1. The van der Waals surface area contributed by atoms with E-state index in [1.807, 2.05) is 30.3 Å². The minimum Gasteiger partial charge on any atom is -0.383 e. The molecule has 0 unspecified atom stereocenters. The number of nitrogens with two attached hydrogens (primary N) is 2. The first kappa shape index (κ1) is 27.7. The van der Waals surface area contributed by atoms with Gasteiger partial charge in [-0.1, -0.05) is 36.4 Å². The van der Waals surface area contributed by atoms with E-state index in [1.165, 1.54) is 30.7 Å². The molecule has 1 atom stereocenters. The maximum atomic E-state index is 13.2. The van der Waals surface area contributed by atoms with Gasteiger partial charge in [0.1, 0.15) is 35.5 Å². The molecule has 0 spiro atoms. The summed E-state index contributed by atoms with van der Waals surface area (Å²) in [7, 11) is 0. The van der Waals surface area contributed by atoms with Gasteiger partial charge in [0.25, 0.3) is 5.91 Å². The van der Waals surface area contributed by atoms with E-state index in [4.69, 9.17) is 11.5 Å². The van der Waals surface area contributed by atoms with E-state index in [0.717, 1.165) is 22.3 Å². The second-order valence-electron chi connectivity index (χ2n) is 9.54. The zero-order valence-electron chi connectivity index (χ0n) is 22.3. The largest absolute Gasteiger partial charge is 0.383 e. The number of amides is 2. The second-order valence-corrected chi connectivity index (χ2v) is 9.54. The first-order valence-corrected chi connectivity index (χ1v) is 13.0. The molecule has 0 fully saturated rings. The van der Waals surface area contributed by atoms with Crippen molar-refractivity contribution < 1.29 is 14.0 Å². The molecule has 0 saturated heterocycles. The number of carbonyl (C=O) groups excluding carboxylic acids is 2. The van der Waals surface area contributed by atoms with Crippen molar-refractivity contribution in [2.75, 3.05) is 17.6 Å². The number of pyridine rings is 1. The van der Waals surface area contributed by atoms with Gasteiger partial charge in [-0.25, -0.2) is 19.3 Å². The van der Waals surface area contributed by atoms with Crippen LogP contribution in [0.15, 0.2) is 73.3 Å². The molecule has 5 aromatic rings. The number of nitrogens with one attached hydrogen (secondary N) is 3. The molecular weight excluding hydrogens is 537 g/mol. The Hall–Kier alpha value is -5.83. The zero-order chi connectivity index (χ0) is 29.6. The van der Waals surface area contributed by atoms with Gasteiger partial charge >= 0.3 is 0 Å². The van der Waals surface area contributed by atoms with E-state index in [0.29, 0.717) is 23.3 Å². The summed E-state index contributed by atoms with van der Waals surface area (Å²) in [5.74, 6) is -0.821. The van der Waals surface area contributed by atoms with Crippen LogP contribution < -0.4 is 22.1 Å². The van der Waals surface area contributed by atoms with E-state index in [1.54, 1.807) is 18.3 Å². The lowest BCUT2D eigenvalue weighted by atomic mass is 9.98. The number of halogens is 1. The van der Waals surface area contributed by atoms with Crippen LogP contribution in [0, 0.1) is 17.1 Å². The number of anilines is 2. The molecule has 0 bridgehead atoms. The van der Waals surface area contributed by atoms with Gasteiger partial charge in [-0.2, -0.15) is 5.26 Å². The molecule has 0 aliphatic heterocycles. The van der Waals surface area contributed by atoms with E-state index in [2.05, 4.69) is 30.6 Å². The smallest absolute Gasteiger partial charge is 0.255 e. The molecule has 3 heterocycles. The van der Waals surface area contributed by atoms with Crippen LogP contribution in [0.1, 0.15) is 39.5 Å². The summed E-state index contributed by atoms with van der Waals surface area (Å²) in [6.07, 6.45) is 4.92. The summed E-state index contributed by atoms with van der Waals surface area (Å²) in [5, 5.41) is 16.1. The number of fused-ring (bicyclic) bond motifs is 1. The quantitative estimate of drug-likeness (QED) is 0.170. The zero-order valence-corrected chi connectivity index (χ0v) is 22.3. The molecule has 2 aromatic carbocycles. The molecule has 210 valence electrons. The Bertz CT molecular complexity index is 1800. The van der Waals surface area contributed by atoms with Crippen LogP contribution in [0.2, 0.25) is 0 Å². The number of primary amides is 1.